The molecular formula is C25H39N7O4S. The van der Waals surface area contributed by atoms with Crippen LogP contribution >= 0.6 is 12.6 Å². The number of rotatable bonds is 5. The number of hydrogen-bond donors (Lipinski definition) is 4. The third-order valence-electron chi connectivity index (χ3n) is 7.81. The fourth-order valence-corrected chi connectivity index (χ4v) is 5.82. The highest BCUT2D eigenvalue weighted by Gasteiger charge is 2.42. The molecule has 1 saturated carbocycles. The fourth-order valence-electron chi connectivity index (χ4n) is 5.60. The summed E-state index contributed by atoms with van der Waals surface area (Å²) in [4.78, 5) is 55.0. The second-order valence-electron chi connectivity index (χ2n) is 10.4. The SMILES string of the molecule is C[C@@H]1C(=O)N[C@H]2CCCC[C@H]2C(=O)N2CCC[C@H]2C(=O)N[C@@H](CCCCCS)C(=O)NCc2cn1nn2. The number of carbonyl (C=O) groups is 4. The van der Waals surface area contributed by atoms with Crippen molar-refractivity contribution < 1.29 is 19.2 Å². The topological polar surface area (TPSA) is 138 Å². The Labute approximate surface area is 223 Å². The van der Waals surface area contributed by atoms with Gasteiger partial charge in [-0.25, -0.2) is 4.68 Å². The van der Waals surface area contributed by atoms with Crippen LogP contribution in [0.2, 0.25) is 0 Å². The van der Waals surface area contributed by atoms with Crippen molar-refractivity contribution in [2.24, 2.45) is 5.92 Å². The Morgan fingerprint density at radius 2 is 1.78 bits per heavy atom. The van der Waals surface area contributed by atoms with Crippen molar-refractivity contribution in [2.45, 2.75) is 102 Å². The summed E-state index contributed by atoms with van der Waals surface area (Å²) in [5.41, 5.74) is 0.519. The molecule has 1 aromatic rings. The molecule has 4 rings (SSSR count). The smallest absolute Gasteiger partial charge is 0.244 e. The van der Waals surface area contributed by atoms with Gasteiger partial charge in [0.25, 0.3) is 0 Å². The van der Waals surface area contributed by atoms with Gasteiger partial charge in [0.1, 0.15) is 23.8 Å². The molecule has 11 nitrogen and oxygen atoms in total. The maximum absolute atomic E-state index is 13.7. The zero-order valence-corrected chi connectivity index (χ0v) is 22.4. The lowest BCUT2D eigenvalue weighted by Crippen LogP contribution is -2.56. The predicted octanol–water partition coefficient (Wildman–Crippen LogP) is 1.11. The van der Waals surface area contributed by atoms with Gasteiger partial charge < -0.3 is 20.9 Å². The summed E-state index contributed by atoms with van der Waals surface area (Å²) >= 11 is 4.25. The van der Waals surface area contributed by atoms with Crippen LogP contribution in [0.3, 0.4) is 0 Å². The van der Waals surface area contributed by atoms with Crippen LogP contribution in [-0.4, -0.2) is 73.9 Å². The molecule has 0 unspecified atom stereocenters. The first-order chi connectivity index (χ1) is 17.9. The van der Waals surface area contributed by atoms with Crippen molar-refractivity contribution in [2.75, 3.05) is 12.3 Å². The lowest BCUT2D eigenvalue weighted by Gasteiger charge is -2.36. The van der Waals surface area contributed by atoms with Crippen molar-refractivity contribution in [3.63, 3.8) is 0 Å². The molecule has 4 amide bonds. The highest BCUT2D eigenvalue weighted by atomic mass is 32.1. The molecule has 0 radical (unpaired) electrons. The van der Waals surface area contributed by atoms with Gasteiger partial charge in [-0.2, -0.15) is 12.6 Å². The summed E-state index contributed by atoms with van der Waals surface area (Å²) in [5.74, 6) is -0.507. The Balaban J connectivity index is 1.60. The van der Waals surface area contributed by atoms with Gasteiger partial charge in [-0.1, -0.05) is 30.9 Å². The van der Waals surface area contributed by atoms with Crippen LogP contribution in [0.5, 0.6) is 0 Å². The van der Waals surface area contributed by atoms with Gasteiger partial charge in [-0.05, 0) is 51.2 Å². The fraction of sp³-hybridized carbons (Fsp3) is 0.760. The molecule has 12 heteroatoms. The molecule has 3 N–H and O–H groups in total. The minimum absolute atomic E-state index is 0.0857. The van der Waals surface area contributed by atoms with Crippen molar-refractivity contribution in [1.29, 1.82) is 0 Å². The van der Waals surface area contributed by atoms with Gasteiger partial charge in [0.15, 0.2) is 0 Å². The monoisotopic (exact) mass is 533 g/mol. The van der Waals surface area contributed by atoms with E-state index in [0.29, 0.717) is 31.5 Å². The number of thiol groups is 1. The molecule has 0 spiro atoms. The maximum Gasteiger partial charge on any atom is 0.244 e. The van der Waals surface area contributed by atoms with E-state index in [9.17, 15) is 19.2 Å². The van der Waals surface area contributed by atoms with E-state index < -0.39 is 18.1 Å². The third-order valence-corrected chi connectivity index (χ3v) is 8.13. The number of aromatic nitrogens is 3. The molecule has 37 heavy (non-hydrogen) atoms. The zero-order valence-electron chi connectivity index (χ0n) is 21.5. The minimum atomic E-state index is -0.708. The first kappa shape index (κ1) is 27.4. The number of hydrogen-bond acceptors (Lipinski definition) is 7. The molecule has 3 heterocycles. The summed E-state index contributed by atoms with van der Waals surface area (Å²) < 4.78 is 1.47. The summed E-state index contributed by atoms with van der Waals surface area (Å²) in [6, 6.07) is -2.22. The van der Waals surface area contributed by atoms with Gasteiger partial charge in [-0.15, -0.1) is 5.10 Å². The Bertz CT molecular complexity index is 986. The quantitative estimate of drug-likeness (QED) is 0.330. The summed E-state index contributed by atoms with van der Waals surface area (Å²) in [7, 11) is 0. The van der Waals surface area contributed by atoms with Crippen LogP contribution in [0, 0.1) is 5.92 Å². The Hall–Kier alpha value is -2.63. The summed E-state index contributed by atoms with van der Waals surface area (Å²) in [6.45, 7) is 2.37. The van der Waals surface area contributed by atoms with Crippen LogP contribution in [-0.2, 0) is 25.7 Å². The average Bonchev–Trinajstić information content (AvgIpc) is 3.58. The lowest BCUT2D eigenvalue weighted by molar-refractivity contribution is -0.144. The second kappa shape index (κ2) is 12.7. The first-order valence-electron chi connectivity index (χ1n) is 13.6. The van der Waals surface area contributed by atoms with Crippen LogP contribution in [0.25, 0.3) is 0 Å². The first-order valence-corrected chi connectivity index (χ1v) is 14.2. The molecule has 2 fully saturated rings. The van der Waals surface area contributed by atoms with E-state index in [2.05, 4.69) is 38.9 Å². The van der Waals surface area contributed by atoms with E-state index in [1.807, 2.05) is 0 Å². The van der Waals surface area contributed by atoms with Gasteiger partial charge in [-0.3, -0.25) is 19.2 Å². The highest BCUT2D eigenvalue weighted by Crippen LogP contribution is 2.30. The molecule has 2 aliphatic heterocycles. The minimum Gasteiger partial charge on any atom is -0.351 e. The molecule has 5 atom stereocenters. The second-order valence-corrected chi connectivity index (χ2v) is 10.9. The normalized spacial score (nSPS) is 29.6. The number of amides is 4. The van der Waals surface area contributed by atoms with E-state index in [1.165, 1.54) is 4.68 Å². The van der Waals surface area contributed by atoms with Crippen molar-refractivity contribution in [3.05, 3.63) is 11.9 Å². The van der Waals surface area contributed by atoms with Gasteiger partial charge >= 0.3 is 0 Å². The van der Waals surface area contributed by atoms with Crippen molar-refractivity contribution in [3.8, 4) is 0 Å². The maximum atomic E-state index is 13.7. The van der Waals surface area contributed by atoms with Gasteiger partial charge in [0.2, 0.25) is 23.6 Å². The zero-order chi connectivity index (χ0) is 26.4. The summed E-state index contributed by atoms with van der Waals surface area (Å²) in [6.07, 6.45) is 9.29. The Morgan fingerprint density at radius 1 is 0.973 bits per heavy atom. The molecule has 204 valence electrons. The lowest BCUT2D eigenvalue weighted by atomic mass is 9.83. The van der Waals surface area contributed by atoms with E-state index >= 15 is 0 Å². The molecular weight excluding hydrogens is 494 g/mol. The Kier molecular flexibility index (Phi) is 9.44. The highest BCUT2D eigenvalue weighted by molar-refractivity contribution is 7.80. The van der Waals surface area contributed by atoms with Gasteiger partial charge in [0, 0.05) is 12.6 Å². The van der Waals surface area contributed by atoms with Gasteiger partial charge in [0.05, 0.1) is 18.7 Å². The van der Waals surface area contributed by atoms with Crippen LogP contribution < -0.4 is 16.0 Å². The van der Waals surface area contributed by atoms with Crippen LogP contribution in [0.4, 0.5) is 0 Å². The molecule has 0 aromatic carbocycles. The van der Waals surface area contributed by atoms with E-state index in [1.54, 1.807) is 18.0 Å². The number of nitrogens with zero attached hydrogens (tertiary/aromatic N) is 4. The molecule has 3 aliphatic rings. The molecule has 2 bridgehead atoms. The van der Waals surface area contributed by atoms with E-state index in [0.717, 1.165) is 50.7 Å². The van der Waals surface area contributed by atoms with Crippen molar-refractivity contribution in [1.82, 2.24) is 35.8 Å². The number of carbonyl (C=O) groups excluding carboxylic acids is 4. The van der Waals surface area contributed by atoms with E-state index in [-0.39, 0.29) is 42.1 Å². The molecule has 1 aromatic heterocycles. The third kappa shape index (κ3) is 6.63. The molecule has 1 saturated heterocycles. The largest absolute Gasteiger partial charge is 0.351 e. The van der Waals surface area contributed by atoms with Crippen molar-refractivity contribution >= 4 is 36.3 Å². The standard InChI is InChI=1S/C25H39N7O4S/c1-16-22(33)27-19-9-5-4-8-18(19)25(36)31-12-7-11-21(31)24(35)28-20(10-3-2-6-13-37)23(34)26-14-17-15-32(16)30-29-17/h15-16,18-21,37H,2-14H2,1H3,(H,26,34)(H,27,33)(H,28,35)/t16-,18-,19+,20+,21+/m1/s1. The van der Waals surface area contributed by atoms with Crippen LogP contribution in [0.15, 0.2) is 6.20 Å². The molecule has 1 aliphatic carbocycles. The average molecular weight is 534 g/mol. The number of nitrogens with one attached hydrogen (secondary N) is 3. The number of unbranched alkanes of at least 4 members (excludes halogenated alkanes) is 2. The Morgan fingerprint density at radius 3 is 2.59 bits per heavy atom. The van der Waals surface area contributed by atoms with E-state index in [4.69, 9.17) is 0 Å². The number of fused-ring (bicyclic) bond motifs is 4. The summed E-state index contributed by atoms with van der Waals surface area (Å²) in [5, 5.41) is 17.1. The van der Waals surface area contributed by atoms with Crippen LogP contribution in [0.1, 0.15) is 82.9 Å². The predicted molar refractivity (Wildman–Crippen MR) is 139 cm³/mol.